The molecule has 1 N–H and O–H groups in total. The second-order valence-electron chi connectivity index (χ2n) is 4.46. The lowest BCUT2D eigenvalue weighted by molar-refractivity contribution is -0.188. The molecule has 0 radical (unpaired) electrons. The van der Waals surface area contributed by atoms with E-state index in [0.29, 0.717) is 4.90 Å². The summed E-state index contributed by atoms with van der Waals surface area (Å²) >= 11 is 0. The van der Waals surface area contributed by atoms with E-state index in [1.165, 1.54) is 0 Å². The molecule has 2 atom stereocenters. The average Bonchev–Trinajstić information content (AvgIpc) is 2.57. The molecule has 1 heterocycles. The molecule has 19 heavy (non-hydrogen) atoms. The number of alkyl halides is 3. The van der Waals surface area contributed by atoms with E-state index < -0.39 is 58.6 Å². The van der Waals surface area contributed by atoms with Crippen LogP contribution in [0.3, 0.4) is 0 Å². The molecule has 1 amide bonds. The quantitative estimate of drug-likeness (QED) is 0.776. The Hall–Kier alpha value is -1.32. The van der Waals surface area contributed by atoms with Gasteiger partial charge in [0.15, 0.2) is 9.84 Å². The fourth-order valence-electron chi connectivity index (χ4n) is 1.90. The van der Waals surface area contributed by atoms with Gasteiger partial charge in [-0.25, -0.2) is 8.42 Å². The first-order chi connectivity index (χ1) is 8.42. The number of halogens is 3. The molecule has 0 aromatic rings. The van der Waals surface area contributed by atoms with E-state index in [0.717, 1.165) is 6.26 Å². The minimum absolute atomic E-state index is 0.631. The number of likely N-dealkylation sites (tertiary alicyclic amines) is 1. The van der Waals surface area contributed by atoms with Crippen LogP contribution < -0.4 is 0 Å². The van der Waals surface area contributed by atoms with Gasteiger partial charge in [-0.2, -0.15) is 13.2 Å². The van der Waals surface area contributed by atoms with Gasteiger partial charge in [0, 0.05) is 19.3 Å². The molecule has 1 saturated heterocycles. The Kier molecular flexibility index (Phi) is 4.13. The maximum atomic E-state index is 12.6. The first-order valence-corrected chi connectivity index (χ1v) is 7.23. The zero-order chi connectivity index (χ0) is 15.0. The molecule has 1 aliphatic heterocycles. The third-order valence-electron chi connectivity index (χ3n) is 2.80. The number of sulfone groups is 1. The van der Waals surface area contributed by atoms with Gasteiger partial charge in [-0.3, -0.25) is 9.59 Å². The second-order valence-corrected chi connectivity index (χ2v) is 6.60. The predicted octanol–water partition coefficient (Wildman–Crippen LogP) is -0.247. The van der Waals surface area contributed by atoms with Gasteiger partial charge in [-0.15, -0.1) is 0 Å². The van der Waals surface area contributed by atoms with Crippen LogP contribution in [0.5, 0.6) is 0 Å². The van der Waals surface area contributed by atoms with E-state index in [2.05, 4.69) is 0 Å². The molecule has 0 bridgehead atoms. The van der Waals surface area contributed by atoms with Crippen molar-refractivity contribution < 1.29 is 36.3 Å². The third kappa shape index (κ3) is 4.08. The fraction of sp³-hybridized carbons (Fsp3) is 0.778. The topological polar surface area (TPSA) is 91.8 Å². The number of nitrogens with zero attached hydrogens (tertiary/aromatic N) is 1. The highest BCUT2D eigenvalue weighted by Gasteiger charge is 2.53. The first-order valence-electron chi connectivity index (χ1n) is 5.17. The second kappa shape index (κ2) is 4.99. The summed E-state index contributed by atoms with van der Waals surface area (Å²) in [6.45, 7) is -1.46. The lowest BCUT2D eigenvalue weighted by atomic mass is 9.96. The molecule has 1 aliphatic rings. The number of hydrogen-bond acceptors (Lipinski definition) is 4. The van der Waals surface area contributed by atoms with E-state index in [-0.39, 0.29) is 0 Å². The average molecular weight is 303 g/mol. The van der Waals surface area contributed by atoms with Gasteiger partial charge in [0.25, 0.3) is 0 Å². The number of rotatable bonds is 3. The Morgan fingerprint density at radius 3 is 2.16 bits per heavy atom. The summed E-state index contributed by atoms with van der Waals surface area (Å²) in [4.78, 5) is 22.9. The molecule has 1 rings (SSSR count). The van der Waals surface area contributed by atoms with Gasteiger partial charge >= 0.3 is 12.1 Å². The Balaban J connectivity index is 2.87. The summed E-state index contributed by atoms with van der Waals surface area (Å²) in [6.07, 6.45) is -3.97. The maximum Gasteiger partial charge on any atom is 0.394 e. The van der Waals surface area contributed by atoms with Crippen molar-refractivity contribution >= 4 is 21.7 Å². The van der Waals surface area contributed by atoms with Gasteiger partial charge in [-0.1, -0.05) is 0 Å². The number of carbonyl (C=O) groups excluding carboxylic acids is 1. The molecule has 0 saturated carbocycles. The standard InChI is InChI=1S/C9H12F3NO5S/c1-19(17,18)4-7(14)13-2-5(8(15)16)6(3-13)9(10,11)12/h5-6H,2-4H2,1H3,(H,15,16)/t5-,6-/m1/s1. The molecular formula is C9H12F3NO5S. The van der Waals surface area contributed by atoms with Crippen LogP contribution in [0.25, 0.3) is 0 Å². The normalized spacial score (nSPS) is 24.5. The van der Waals surface area contributed by atoms with Gasteiger partial charge in [-0.05, 0) is 0 Å². The maximum absolute atomic E-state index is 12.6. The molecule has 0 aromatic heterocycles. The summed E-state index contributed by atoms with van der Waals surface area (Å²) < 4.78 is 59.7. The van der Waals surface area contributed by atoms with E-state index in [1.54, 1.807) is 0 Å². The van der Waals surface area contributed by atoms with Gasteiger partial charge < -0.3 is 10.0 Å². The van der Waals surface area contributed by atoms with Gasteiger partial charge in [0.05, 0.1) is 11.8 Å². The van der Waals surface area contributed by atoms with E-state index in [9.17, 15) is 31.2 Å². The van der Waals surface area contributed by atoms with Crippen LogP contribution in [0.4, 0.5) is 13.2 Å². The summed E-state index contributed by atoms with van der Waals surface area (Å²) in [6, 6.07) is 0. The minimum Gasteiger partial charge on any atom is -0.481 e. The van der Waals surface area contributed by atoms with Gasteiger partial charge in [0.1, 0.15) is 5.75 Å². The van der Waals surface area contributed by atoms with Crippen molar-refractivity contribution in [2.24, 2.45) is 11.8 Å². The van der Waals surface area contributed by atoms with Crippen molar-refractivity contribution in [2.45, 2.75) is 6.18 Å². The van der Waals surface area contributed by atoms with Crippen molar-refractivity contribution in [3.05, 3.63) is 0 Å². The van der Waals surface area contributed by atoms with E-state index in [1.807, 2.05) is 0 Å². The number of carbonyl (C=O) groups is 2. The van der Waals surface area contributed by atoms with Crippen molar-refractivity contribution in [3.63, 3.8) is 0 Å². The molecule has 0 unspecified atom stereocenters. The van der Waals surface area contributed by atoms with Crippen LogP contribution >= 0.6 is 0 Å². The van der Waals surface area contributed by atoms with Crippen LogP contribution in [-0.2, 0) is 19.4 Å². The number of carboxylic acid groups (broad SMARTS) is 1. The molecule has 110 valence electrons. The van der Waals surface area contributed by atoms with Crippen LogP contribution in [0.15, 0.2) is 0 Å². The number of amides is 1. The Labute approximate surface area is 107 Å². The van der Waals surface area contributed by atoms with Gasteiger partial charge in [0.2, 0.25) is 5.91 Å². The first kappa shape index (κ1) is 15.7. The molecule has 6 nitrogen and oxygen atoms in total. The van der Waals surface area contributed by atoms with Crippen LogP contribution in [0.2, 0.25) is 0 Å². The largest absolute Gasteiger partial charge is 0.481 e. The molecule has 1 fully saturated rings. The van der Waals surface area contributed by atoms with Crippen LogP contribution in [0, 0.1) is 11.8 Å². The monoisotopic (exact) mass is 303 g/mol. The number of aliphatic carboxylic acids is 1. The molecule has 10 heteroatoms. The predicted molar refractivity (Wildman–Crippen MR) is 57.0 cm³/mol. The highest BCUT2D eigenvalue weighted by Crippen LogP contribution is 2.37. The number of carboxylic acids is 1. The smallest absolute Gasteiger partial charge is 0.394 e. The van der Waals surface area contributed by atoms with Crippen LogP contribution in [-0.4, -0.2) is 61.6 Å². The summed E-state index contributed by atoms with van der Waals surface area (Å²) in [7, 11) is -3.67. The number of hydrogen-bond donors (Lipinski definition) is 1. The third-order valence-corrected chi connectivity index (χ3v) is 3.57. The van der Waals surface area contributed by atoms with Crippen molar-refractivity contribution in [1.82, 2.24) is 4.90 Å². The summed E-state index contributed by atoms with van der Waals surface area (Å²) in [5, 5.41) is 8.72. The van der Waals surface area contributed by atoms with E-state index in [4.69, 9.17) is 5.11 Å². The Morgan fingerprint density at radius 1 is 1.32 bits per heavy atom. The molecule has 0 spiro atoms. The van der Waals surface area contributed by atoms with Crippen molar-refractivity contribution in [3.8, 4) is 0 Å². The minimum atomic E-state index is -4.75. The molecule has 0 aliphatic carbocycles. The molecular weight excluding hydrogens is 291 g/mol. The highest BCUT2D eigenvalue weighted by atomic mass is 32.2. The summed E-state index contributed by atoms with van der Waals surface area (Å²) in [5.74, 6) is -7.53. The fourth-order valence-corrected chi connectivity index (χ4v) is 2.54. The molecule has 0 aromatic carbocycles. The highest BCUT2D eigenvalue weighted by molar-refractivity contribution is 7.91. The van der Waals surface area contributed by atoms with Crippen molar-refractivity contribution in [1.29, 1.82) is 0 Å². The zero-order valence-corrected chi connectivity index (χ0v) is 10.7. The van der Waals surface area contributed by atoms with Crippen molar-refractivity contribution in [2.75, 3.05) is 25.1 Å². The zero-order valence-electron chi connectivity index (χ0n) is 9.85. The Morgan fingerprint density at radius 2 is 1.84 bits per heavy atom. The SMILES string of the molecule is CS(=O)(=O)CC(=O)N1C[C@@H](C(F)(F)F)[C@H](C(=O)O)C1. The lowest BCUT2D eigenvalue weighted by Crippen LogP contribution is -2.35. The lowest BCUT2D eigenvalue weighted by Gasteiger charge is -2.18. The van der Waals surface area contributed by atoms with Crippen LogP contribution in [0.1, 0.15) is 0 Å². The summed E-state index contributed by atoms with van der Waals surface area (Å²) in [5.41, 5.74) is 0. The van der Waals surface area contributed by atoms with E-state index >= 15 is 0 Å². The Bertz CT molecular complexity index is 487.